The van der Waals surface area contributed by atoms with Gasteiger partial charge in [-0.3, -0.25) is 9.59 Å². The van der Waals surface area contributed by atoms with Crippen LogP contribution < -0.4 is 5.32 Å². The van der Waals surface area contributed by atoms with E-state index in [1.165, 1.54) is 11.3 Å². The summed E-state index contributed by atoms with van der Waals surface area (Å²) in [5, 5.41) is 4.10. The van der Waals surface area contributed by atoms with Crippen LogP contribution in [0, 0.1) is 0 Å². The molecule has 3 aliphatic rings. The van der Waals surface area contributed by atoms with Crippen LogP contribution in [0.15, 0.2) is 36.4 Å². The lowest BCUT2D eigenvalue weighted by Gasteiger charge is -2.36. The second-order valence-electron chi connectivity index (χ2n) is 11.0. The highest BCUT2D eigenvalue weighted by atomic mass is 35.5. The van der Waals surface area contributed by atoms with Crippen LogP contribution in [-0.4, -0.2) is 72.3 Å². The van der Waals surface area contributed by atoms with Crippen molar-refractivity contribution in [2.75, 3.05) is 26.4 Å². The molecule has 0 radical (unpaired) electrons. The Morgan fingerprint density at radius 2 is 2.10 bits per heavy atom. The molecule has 2 unspecified atom stereocenters. The maximum absolute atomic E-state index is 14.0. The van der Waals surface area contributed by atoms with Gasteiger partial charge in [-0.05, 0) is 62.8 Å². The van der Waals surface area contributed by atoms with Gasteiger partial charge in [0.05, 0.1) is 29.6 Å². The number of rotatable bonds is 8. The number of fused-ring (bicyclic) bond motifs is 2. The van der Waals surface area contributed by atoms with Crippen LogP contribution in [0.2, 0.25) is 4.34 Å². The van der Waals surface area contributed by atoms with Crippen molar-refractivity contribution in [3.8, 4) is 0 Å². The van der Waals surface area contributed by atoms with Crippen LogP contribution >= 0.6 is 22.9 Å². The highest BCUT2D eigenvalue weighted by molar-refractivity contribution is 7.22. The molecule has 0 bridgehead atoms. The predicted molar refractivity (Wildman–Crippen MR) is 151 cm³/mol. The smallest absolute Gasteiger partial charge is 0.268 e. The number of ether oxygens (including phenoxy) is 4. The number of halogens is 1. The summed E-state index contributed by atoms with van der Waals surface area (Å²) in [5.41, 5.74) is 2.56. The Morgan fingerprint density at radius 1 is 1.25 bits per heavy atom. The van der Waals surface area contributed by atoms with E-state index in [1.54, 1.807) is 24.8 Å². The van der Waals surface area contributed by atoms with E-state index in [4.69, 9.17) is 30.5 Å². The van der Waals surface area contributed by atoms with Gasteiger partial charge in [-0.25, -0.2) is 0 Å². The number of carbonyl (C=O) groups excluding carboxylic acids is 2. The number of nitrogens with zero attached hydrogens (tertiary/aromatic N) is 1. The molecule has 2 fully saturated rings. The van der Waals surface area contributed by atoms with Gasteiger partial charge in [-0.15, -0.1) is 11.3 Å². The number of hydrogen-bond acceptors (Lipinski definition) is 7. The van der Waals surface area contributed by atoms with Crippen molar-refractivity contribution in [3.63, 3.8) is 0 Å². The van der Waals surface area contributed by atoms with E-state index >= 15 is 0 Å². The summed E-state index contributed by atoms with van der Waals surface area (Å²) in [6, 6.07) is 10.9. The van der Waals surface area contributed by atoms with Gasteiger partial charge < -0.3 is 34.1 Å². The number of hydrogen-bond donors (Lipinski definition) is 2. The highest BCUT2D eigenvalue weighted by Gasteiger charge is 2.45. The molecule has 1 aliphatic carbocycles. The van der Waals surface area contributed by atoms with E-state index in [1.807, 2.05) is 24.3 Å². The molecule has 0 spiro atoms. The molecule has 4 atom stereocenters. The average molecular weight is 588 g/mol. The Balaban J connectivity index is 1.26. The fourth-order valence-corrected chi connectivity index (χ4v) is 6.98. The van der Waals surface area contributed by atoms with Crippen molar-refractivity contribution in [2.45, 2.75) is 69.8 Å². The topological polar surface area (TPSA) is 102 Å². The number of aromatic amines is 1. The maximum Gasteiger partial charge on any atom is 0.268 e. The van der Waals surface area contributed by atoms with E-state index in [0.29, 0.717) is 36.2 Å². The van der Waals surface area contributed by atoms with Gasteiger partial charge in [0.25, 0.3) is 11.8 Å². The summed E-state index contributed by atoms with van der Waals surface area (Å²) in [4.78, 5) is 33.3. The van der Waals surface area contributed by atoms with Crippen LogP contribution in [-0.2, 0) is 30.2 Å². The molecule has 11 heteroatoms. The van der Waals surface area contributed by atoms with Crippen LogP contribution in [0.4, 0.5) is 0 Å². The second kappa shape index (κ2) is 11.4. The van der Waals surface area contributed by atoms with Gasteiger partial charge in [0.1, 0.15) is 10.5 Å². The van der Waals surface area contributed by atoms with Crippen molar-refractivity contribution >= 4 is 45.0 Å². The van der Waals surface area contributed by atoms with Gasteiger partial charge in [0.2, 0.25) is 0 Å². The Bertz CT molecular complexity index is 1350. The summed E-state index contributed by atoms with van der Waals surface area (Å²) >= 11 is 7.51. The molecule has 0 saturated carbocycles. The maximum atomic E-state index is 14.0. The van der Waals surface area contributed by atoms with E-state index in [0.717, 1.165) is 40.6 Å². The summed E-state index contributed by atoms with van der Waals surface area (Å²) in [7, 11) is 0. The van der Waals surface area contributed by atoms with Crippen molar-refractivity contribution in [1.82, 2.24) is 15.2 Å². The Labute approximate surface area is 242 Å². The van der Waals surface area contributed by atoms with Crippen LogP contribution in [0.3, 0.4) is 0 Å². The number of aromatic nitrogens is 1. The summed E-state index contributed by atoms with van der Waals surface area (Å²) in [5.74, 6) is -1.26. The van der Waals surface area contributed by atoms with Crippen molar-refractivity contribution in [3.05, 3.63) is 57.6 Å². The molecule has 2 aromatic heterocycles. The lowest BCUT2D eigenvalue weighted by molar-refractivity contribution is -0.173. The third-order valence-corrected chi connectivity index (χ3v) is 8.91. The Hall–Kier alpha value is -2.47. The van der Waals surface area contributed by atoms with Gasteiger partial charge >= 0.3 is 0 Å². The molecule has 2 aliphatic heterocycles. The number of H-pyrrole nitrogens is 1. The molecule has 9 nitrogen and oxygen atoms in total. The van der Waals surface area contributed by atoms with Crippen LogP contribution in [0.1, 0.15) is 60.8 Å². The monoisotopic (exact) mass is 587 g/mol. The van der Waals surface area contributed by atoms with E-state index < -0.39 is 17.9 Å². The fourth-order valence-electron chi connectivity index (χ4n) is 5.86. The molecule has 40 heavy (non-hydrogen) atoms. The lowest BCUT2D eigenvalue weighted by atomic mass is 10.0. The van der Waals surface area contributed by atoms with Crippen molar-refractivity contribution in [1.29, 1.82) is 0 Å². The first kappa shape index (κ1) is 27.7. The standard InChI is InChI=1S/C29H34ClN3O6S/c1-29(2)38-16-22(39-29)28(35)33(10-12-37-24-9-5-6-11-36-24)25-19-8-4-3-7-17(19)13-20(25)31-26(34)21-14-18-15-23(30)40-27(18)32-21/h3-4,7-8,14-15,20,22,24-25,32H,5-6,9-13,16H2,1-2H3,(H,31,34)/t20-,22?,24?,25+/m1/s1. The molecule has 2 N–H and O–H groups in total. The number of carbonyl (C=O) groups is 2. The Kier molecular flexibility index (Phi) is 7.91. The zero-order chi connectivity index (χ0) is 27.9. The predicted octanol–water partition coefficient (Wildman–Crippen LogP) is 4.80. The average Bonchev–Trinajstić information content (AvgIpc) is 3.68. The first-order valence-corrected chi connectivity index (χ1v) is 15.0. The minimum absolute atomic E-state index is 0.169. The van der Waals surface area contributed by atoms with Crippen molar-refractivity contribution in [2.24, 2.45) is 0 Å². The minimum atomic E-state index is -0.844. The van der Waals surface area contributed by atoms with Gasteiger partial charge in [-0.2, -0.15) is 0 Å². The summed E-state index contributed by atoms with van der Waals surface area (Å²) in [6.45, 7) is 5.08. The SMILES string of the molecule is CC1(C)OCC(C(=O)N(CCOC2CCCCO2)[C@H]2c3ccccc3C[C@H]2NC(=O)c2cc3cc(Cl)sc3[nH]2)O1. The fraction of sp³-hybridized carbons (Fsp3) is 0.517. The number of thiophene rings is 1. The number of nitrogens with one attached hydrogen (secondary N) is 2. The normalized spacial score (nSPS) is 25.7. The third-order valence-electron chi connectivity index (χ3n) is 7.71. The molecule has 4 heterocycles. The zero-order valence-electron chi connectivity index (χ0n) is 22.6. The quantitative estimate of drug-likeness (QED) is 0.392. The second-order valence-corrected chi connectivity index (χ2v) is 12.6. The molecular formula is C29H34ClN3O6S. The number of amides is 2. The molecule has 3 aromatic rings. The molecule has 2 saturated heterocycles. The largest absolute Gasteiger partial charge is 0.353 e. The zero-order valence-corrected chi connectivity index (χ0v) is 24.2. The van der Waals surface area contributed by atoms with Gasteiger partial charge in [0, 0.05) is 18.5 Å². The van der Waals surface area contributed by atoms with E-state index in [9.17, 15) is 9.59 Å². The third kappa shape index (κ3) is 5.79. The van der Waals surface area contributed by atoms with Gasteiger partial charge in [-0.1, -0.05) is 35.9 Å². The first-order chi connectivity index (χ1) is 19.3. The highest BCUT2D eigenvalue weighted by Crippen LogP contribution is 2.38. The molecule has 1 aromatic carbocycles. The van der Waals surface area contributed by atoms with Gasteiger partial charge in [0.15, 0.2) is 18.2 Å². The van der Waals surface area contributed by atoms with E-state index in [2.05, 4.69) is 16.4 Å². The summed E-state index contributed by atoms with van der Waals surface area (Å²) < 4.78 is 24.2. The molecule has 6 rings (SSSR count). The molecular weight excluding hydrogens is 554 g/mol. The van der Waals surface area contributed by atoms with Crippen LogP contribution in [0.5, 0.6) is 0 Å². The molecule has 2 amide bonds. The van der Waals surface area contributed by atoms with E-state index in [-0.39, 0.29) is 30.8 Å². The lowest BCUT2D eigenvalue weighted by Crippen LogP contribution is -2.51. The number of benzene rings is 1. The Morgan fingerprint density at radius 3 is 2.85 bits per heavy atom. The first-order valence-electron chi connectivity index (χ1n) is 13.8. The summed E-state index contributed by atoms with van der Waals surface area (Å²) in [6.07, 6.45) is 2.51. The minimum Gasteiger partial charge on any atom is -0.353 e. The molecule has 214 valence electrons. The van der Waals surface area contributed by atoms with Crippen molar-refractivity contribution < 1.29 is 28.5 Å². The van der Waals surface area contributed by atoms with Crippen LogP contribution in [0.25, 0.3) is 10.2 Å².